The van der Waals surface area contributed by atoms with Gasteiger partial charge in [-0.05, 0) is 37.0 Å². The summed E-state index contributed by atoms with van der Waals surface area (Å²) >= 11 is 0. The first-order valence-electron chi connectivity index (χ1n) is 6.68. The van der Waals surface area contributed by atoms with E-state index in [1.165, 1.54) is 0 Å². The maximum absolute atomic E-state index is 12.4. The van der Waals surface area contributed by atoms with Crippen LogP contribution in [0.1, 0.15) is 31.9 Å². The van der Waals surface area contributed by atoms with E-state index in [4.69, 9.17) is 4.74 Å². The molecule has 19 heavy (non-hydrogen) atoms. The Bertz CT molecular complexity index is 443. The number of hydrogen-bond donors (Lipinski definition) is 1. The van der Waals surface area contributed by atoms with Crippen molar-refractivity contribution in [2.75, 3.05) is 13.7 Å². The number of ether oxygens (including phenoxy) is 1. The molecule has 2 rings (SSSR count). The number of benzene rings is 1. The second-order valence-corrected chi connectivity index (χ2v) is 5.27. The molecule has 1 heterocycles. The van der Waals surface area contributed by atoms with Gasteiger partial charge in [0.2, 0.25) is 0 Å². The number of carbonyl (C=O) groups is 1. The number of nitrogens with zero attached hydrogens (tertiary/aromatic N) is 1. The summed E-state index contributed by atoms with van der Waals surface area (Å²) in [5.74, 6) is 0.547. The maximum Gasteiger partial charge on any atom is 0.252 e. The Balaban J connectivity index is 2.08. The van der Waals surface area contributed by atoms with Gasteiger partial charge in [-0.25, -0.2) is 0 Å². The maximum atomic E-state index is 12.4. The van der Waals surface area contributed by atoms with Crippen LogP contribution < -0.4 is 0 Å². The Morgan fingerprint density at radius 1 is 1.42 bits per heavy atom. The highest BCUT2D eigenvalue weighted by Gasteiger charge is 2.34. The predicted octanol–water partition coefficient (Wildman–Crippen LogP) is 2.34. The fourth-order valence-electron chi connectivity index (χ4n) is 2.38. The third kappa shape index (κ3) is 2.89. The lowest BCUT2D eigenvalue weighted by molar-refractivity contribution is -0.143. The number of amides is 1. The second-order valence-electron chi connectivity index (χ2n) is 5.27. The largest absolute Gasteiger partial charge is 0.508 e. The fraction of sp³-hybridized carbons (Fsp3) is 0.533. The van der Waals surface area contributed by atoms with Crippen LogP contribution in [-0.4, -0.2) is 35.7 Å². The van der Waals surface area contributed by atoms with E-state index in [1.54, 1.807) is 24.1 Å². The molecule has 0 aliphatic carbocycles. The summed E-state index contributed by atoms with van der Waals surface area (Å²) in [6, 6.07) is 6.91. The van der Waals surface area contributed by atoms with Crippen molar-refractivity contribution in [1.82, 2.24) is 4.90 Å². The molecule has 1 saturated heterocycles. The van der Waals surface area contributed by atoms with Crippen LogP contribution in [0.5, 0.6) is 5.75 Å². The molecule has 1 aromatic rings. The minimum absolute atomic E-state index is 0.0329. The monoisotopic (exact) mass is 263 g/mol. The number of hydrogen-bond acceptors (Lipinski definition) is 3. The van der Waals surface area contributed by atoms with Crippen molar-refractivity contribution < 1.29 is 14.6 Å². The molecule has 1 aliphatic heterocycles. The number of carbonyl (C=O) groups excluding carboxylic acids is 1. The van der Waals surface area contributed by atoms with Gasteiger partial charge in [0.15, 0.2) is 0 Å². The molecule has 0 bridgehead atoms. The number of rotatable bonds is 3. The molecule has 1 N–H and O–H groups in total. The molecular weight excluding hydrogens is 242 g/mol. The van der Waals surface area contributed by atoms with Crippen LogP contribution in [0.4, 0.5) is 0 Å². The minimum atomic E-state index is -0.315. The predicted molar refractivity (Wildman–Crippen MR) is 72.8 cm³/mol. The van der Waals surface area contributed by atoms with Crippen LogP contribution in [0.15, 0.2) is 24.3 Å². The Labute approximate surface area is 114 Å². The average Bonchev–Trinajstić information content (AvgIpc) is 2.83. The van der Waals surface area contributed by atoms with Crippen molar-refractivity contribution in [3.05, 3.63) is 29.8 Å². The normalized spacial score (nSPS) is 24.2. The van der Waals surface area contributed by atoms with Gasteiger partial charge < -0.3 is 14.7 Å². The summed E-state index contributed by atoms with van der Waals surface area (Å²) in [5.41, 5.74) is 0.999. The SMILES string of the molecule is CC1CCOC1C(=O)N(C)C(C)c1ccc(O)cc1. The second kappa shape index (κ2) is 5.61. The molecule has 0 radical (unpaired) electrons. The van der Waals surface area contributed by atoms with Gasteiger partial charge in [0, 0.05) is 13.7 Å². The first-order chi connectivity index (χ1) is 9.00. The molecule has 1 aromatic carbocycles. The van der Waals surface area contributed by atoms with E-state index in [2.05, 4.69) is 6.92 Å². The molecule has 1 fully saturated rings. The minimum Gasteiger partial charge on any atom is -0.508 e. The summed E-state index contributed by atoms with van der Waals surface area (Å²) < 4.78 is 5.52. The van der Waals surface area contributed by atoms with Crippen molar-refractivity contribution in [3.63, 3.8) is 0 Å². The standard InChI is InChI=1S/C15H21NO3/c1-10-8-9-19-14(10)15(18)16(3)11(2)12-4-6-13(17)7-5-12/h4-7,10-11,14,17H,8-9H2,1-3H3. The quantitative estimate of drug-likeness (QED) is 0.910. The first-order valence-corrected chi connectivity index (χ1v) is 6.68. The van der Waals surface area contributed by atoms with Gasteiger partial charge in [0.1, 0.15) is 11.9 Å². The lowest BCUT2D eigenvalue weighted by atomic mass is 10.0. The van der Waals surface area contributed by atoms with E-state index in [1.807, 2.05) is 19.1 Å². The van der Waals surface area contributed by atoms with Crippen LogP contribution in [0, 0.1) is 5.92 Å². The highest BCUT2D eigenvalue weighted by molar-refractivity contribution is 5.81. The molecule has 1 amide bonds. The molecule has 1 aliphatic rings. The molecule has 3 unspecified atom stereocenters. The average molecular weight is 263 g/mol. The fourth-order valence-corrected chi connectivity index (χ4v) is 2.38. The number of phenolic OH excluding ortho intramolecular Hbond substituents is 1. The van der Waals surface area contributed by atoms with Gasteiger partial charge in [-0.3, -0.25) is 4.79 Å². The van der Waals surface area contributed by atoms with Gasteiger partial charge >= 0.3 is 0 Å². The molecule has 4 nitrogen and oxygen atoms in total. The summed E-state index contributed by atoms with van der Waals surface area (Å²) in [6.07, 6.45) is 0.627. The van der Waals surface area contributed by atoms with Gasteiger partial charge in [-0.1, -0.05) is 19.1 Å². The van der Waals surface area contributed by atoms with Gasteiger partial charge in [0.05, 0.1) is 6.04 Å². The molecule has 0 spiro atoms. The summed E-state index contributed by atoms with van der Waals surface area (Å²) in [6.45, 7) is 4.69. The molecule has 4 heteroatoms. The van der Waals surface area contributed by atoms with E-state index >= 15 is 0 Å². The number of aromatic hydroxyl groups is 1. The van der Waals surface area contributed by atoms with Crippen LogP contribution in [0.25, 0.3) is 0 Å². The zero-order chi connectivity index (χ0) is 14.0. The van der Waals surface area contributed by atoms with Crippen molar-refractivity contribution in [3.8, 4) is 5.75 Å². The highest BCUT2D eigenvalue weighted by Crippen LogP contribution is 2.26. The van der Waals surface area contributed by atoms with Crippen molar-refractivity contribution >= 4 is 5.91 Å². The van der Waals surface area contributed by atoms with Crippen LogP contribution >= 0.6 is 0 Å². The molecule has 0 aromatic heterocycles. The van der Waals surface area contributed by atoms with Crippen molar-refractivity contribution in [2.45, 2.75) is 32.4 Å². The van der Waals surface area contributed by atoms with Crippen LogP contribution in [-0.2, 0) is 9.53 Å². The topological polar surface area (TPSA) is 49.8 Å². The lowest BCUT2D eigenvalue weighted by Gasteiger charge is -2.28. The summed E-state index contributed by atoms with van der Waals surface area (Å²) in [7, 11) is 1.80. The van der Waals surface area contributed by atoms with Crippen LogP contribution in [0.3, 0.4) is 0 Å². The van der Waals surface area contributed by atoms with Gasteiger partial charge in [-0.15, -0.1) is 0 Å². The summed E-state index contributed by atoms with van der Waals surface area (Å²) in [5, 5.41) is 9.29. The Morgan fingerprint density at radius 2 is 2.05 bits per heavy atom. The van der Waals surface area contributed by atoms with Gasteiger partial charge in [-0.2, -0.15) is 0 Å². The van der Waals surface area contributed by atoms with E-state index < -0.39 is 0 Å². The number of phenols is 1. The van der Waals surface area contributed by atoms with E-state index in [-0.39, 0.29) is 29.7 Å². The van der Waals surface area contributed by atoms with Crippen molar-refractivity contribution in [2.24, 2.45) is 5.92 Å². The van der Waals surface area contributed by atoms with E-state index in [0.717, 1.165) is 12.0 Å². The summed E-state index contributed by atoms with van der Waals surface area (Å²) in [4.78, 5) is 14.1. The van der Waals surface area contributed by atoms with Crippen LogP contribution in [0.2, 0.25) is 0 Å². The molecule has 0 saturated carbocycles. The molecular formula is C15H21NO3. The smallest absolute Gasteiger partial charge is 0.252 e. The third-order valence-corrected chi connectivity index (χ3v) is 3.93. The van der Waals surface area contributed by atoms with Gasteiger partial charge in [0.25, 0.3) is 5.91 Å². The highest BCUT2D eigenvalue weighted by atomic mass is 16.5. The lowest BCUT2D eigenvalue weighted by Crippen LogP contribution is -2.40. The Morgan fingerprint density at radius 3 is 2.58 bits per heavy atom. The van der Waals surface area contributed by atoms with Crippen molar-refractivity contribution in [1.29, 1.82) is 0 Å². The first kappa shape index (κ1) is 13.9. The van der Waals surface area contributed by atoms with E-state index in [0.29, 0.717) is 6.61 Å². The Kier molecular flexibility index (Phi) is 4.10. The zero-order valence-corrected chi connectivity index (χ0v) is 11.7. The zero-order valence-electron chi connectivity index (χ0n) is 11.7. The Hall–Kier alpha value is -1.55. The molecule has 104 valence electrons. The third-order valence-electron chi connectivity index (χ3n) is 3.93. The number of likely N-dealkylation sites (N-methyl/N-ethyl adjacent to an activating group) is 1. The molecule has 3 atom stereocenters. The van der Waals surface area contributed by atoms with E-state index in [9.17, 15) is 9.90 Å².